The number of aromatic hydroxyl groups is 2. The maximum absolute atomic E-state index is 10.6. The summed E-state index contributed by atoms with van der Waals surface area (Å²) in [6, 6.07) is 1.12. The largest absolute Gasteiger partial charge is 0.507 e. The van der Waals surface area contributed by atoms with Gasteiger partial charge in [0.1, 0.15) is 17.1 Å². The summed E-state index contributed by atoms with van der Waals surface area (Å²) in [6.07, 6.45) is 0.344. The van der Waals surface area contributed by atoms with Gasteiger partial charge in [-0.2, -0.15) is 0 Å². The van der Waals surface area contributed by atoms with Crippen LogP contribution in [0.2, 0.25) is 0 Å². The lowest BCUT2D eigenvalue weighted by Gasteiger charge is -2.07. The smallest absolute Gasteiger partial charge is 0.343 e. The number of carboxylic acid groups (broad SMARTS) is 1. The second kappa shape index (κ2) is 3.37. The van der Waals surface area contributed by atoms with E-state index in [-0.39, 0.29) is 5.56 Å². The summed E-state index contributed by atoms with van der Waals surface area (Å²) in [5.41, 5.74) is -0.460. The van der Waals surface area contributed by atoms with Crippen molar-refractivity contribution < 1.29 is 24.9 Å². The number of carbonyl (C=O) groups excluding carboxylic acids is 1. The fourth-order valence-electron chi connectivity index (χ4n) is 1.16. The predicted octanol–water partition coefficient (Wildman–Crippen LogP) is 0.917. The Morgan fingerprint density at radius 2 is 2.00 bits per heavy atom. The van der Waals surface area contributed by atoms with Crippen LogP contribution in [-0.2, 0) is 0 Å². The van der Waals surface area contributed by atoms with Crippen LogP contribution in [0.3, 0.4) is 0 Å². The number of aryl methyl sites for hydroxylation is 1. The standard InChI is InChI=1S/C9H8O5/c1-4-2-6(11)7(9(13)14)8(12)5(4)3-10/h2-3,11-12H,1H3,(H,13,14). The van der Waals surface area contributed by atoms with Crippen LogP contribution in [0.5, 0.6) is 11.5 Å². The molecule has 0 saturated carbocycles. The molecule has 3 N–H and O–H groups in total. The van der Waals surface area contributed by atoms with Gasteiger partial charge in [-0.05, 0) is 18.6 Å². The molecule has 0 aliphatic carbocycles. The molecule has 1 aromatic rings. The molecule has 0 heterocycles. The molecule has 5 nitrogen and oxygen atoms in total. The highest BCUT2D eigenvalue weighted by Crippen LogP contribution is 2.32. The van der Waals surface area contributed by atoms with E-state index in [9.17, 15) is 19.8 Å². The quantitative estimate of drug-likeness (QED) is 0.611. The molecule has 74 valence electrons. The summed E-state index contributed by atoms with van der Waals surface area (Å²) < 4.78 is 0. The molecule has 1 aromatic carbocycles. The van der Waals surface area contributed by atoms with Gasteiger partial charge in [0.25, 0.3) is 0 Å². The maximum Gasteiger partial charge on any atom is 0.343 e. The first-order chi connectivity index (χ1) is 6.49. The number of phenols is 2. The molecule has 0 bridgehead atoms. The molecule has 1 rings (SSSR count). The van der Waals surface area contributed by atoms with Crippen molar-refractivity contribution in [1.29, 1.82) is 0 Å². The fourth-order valence-corrected chi connectivity index (χ4v) is 1.16. The zero-order valence-corrected chi connectivity index (χ0v) is 7.31. The van der Waals surface area contributed by atoms with Gasteiger partial charge in [-0.3, -0.25) is 4.79 Å². The zero-order valence-electron chi connectivity index (χ0n) is 7.31. The van der Waals surface area contributed by atoms with E-state index in [2.05, 4.69) is 0 Å². The Morgan fingerprint density at radius 3 is 2.43 bits per heavy atom. The SMILES string of the molecule is Cc1cc(O)c(C(=O)O)c(O)c1C=O. The lowest BCUT2D eigenvalue weighted by atomic mass is 10.0. The van der Waals surface area contributed by atoms with Crippen molar-refractivity contribution in [2.24, 2.45) is 0 Å². The zero-order chi connectivity index (χ0) is 10.9. The van der Waals surface area contributed by atoms with Crippen molar-refractivity contribution in [3.8, 4) is 11.5 Å². The molecule has 0 aliphatic rings. The summed E-state index contributed by atoms with van der Waals surface area (Å²) in [6.45, 7) is 1.48. The van der Waals surface area contributed by atoms with Gasteiger partial charge < -0.3 is 15.3 Å². The van der Waals surface area contributed by atoms with E-state index < -0.39 is 23.0 Å². The minimum atomic E-state index is -1.48. The third-order valence-corrected chi connectivity index (χ3v) is 1.86. The molecule has 5 heteroatoms. The minimum absolute atomic E-state index is 0.125. The monoisotopic (exact) mass is 196 g/mol. The summed E-state index contributed by atoms with van der Waals surface area (Å²) in [5, 5.41) is 27.2. The Bertz CT molecular complexity index is 408. The number of carboxylic acids is 1. The molecule has 0 saturated heterocycles. The van der Waals surface area contributed by atoms with Crippen LogP contribution in [-0.4, -0.2) is 27.6 Å². The molecule has 0 radical (unpaired) electrons. The third-order valence-electron chi connectivity index (χ3n) is 1.86. The normalized spacial score (nSPS) is 9.79. The molecule has 14 heavy (non-hydrogen) atoms. The van der Waals surface area contributed by atoms with E-state index in [0.717, 1.165) is 6.07 Å². The first-order valence-corrected chi connectivity index (χ1v) is 3.73. The Morgan fingerprint density at radius 1 is 1.43 bits per heavy atom. The highest BCUT2D eigenvalue weighted by Gasteiger charge is 2.20. The highest BCUT2D eigenvalue weighted by atomic mass is 16.4. The van der Waals surface area contributed by atoms with E-state index in [1.165, 1.54) is 6.92 Å². The van der Waals surface area contributed by atoms with E-state index in [1.54, 1.807) is 0 Å². The van der Waals surface area contributed by atoms with E-state index in [1.807, 2.05) is 0 Å². The number of rotatable bonds is 2. The minimum Gasteiger partial charge on any atom is -0.507 e. The molecule has 0 aliphatic heterocycles. The second-order valence-corrected chi connectivity index (χ2v) is 2.77. The van der Waals surface area contributed by atoms with Gasteiger partial charge in [-0.1, -0.05) is 0 Å². The number of carbonyl (C=O) groups is 2. The first kappa shape index (κ1) is 10.0. The second-order valence-electron chi connectivity index (χ2n) is 2.77. The Hall–Kier alpha value is -2.04. The van der Waals surface area contributed by atoms with Gasteiger partial charge in [-0.25, -0.2) is 4.79 Å². The van der Waals surface area contributed by atoms with Crippen LogP contribution in [0, 0.1) is 6.92 Å². The molecular weight excluding hydrogens is 188 g/mol. The van der Waals surface area contributed by atoms with Gasteiger partial charge in [0.15, 0.2) is 6.29 Å². The van der Waals surface area contributed by atoms with Crippen molar-refractivity contribution in [1.82, 2.24) is 0 Å². The molecule has 0 atom stereocenters. The Kier molecular flexibility index (Phi) is 2.42. The van der Waals surface area contributed by atoms with Crippen LogP contribution in [0.15, 0.2) is 6.07 Å². The number of hydrogen-bond donors (Lipinski definition) is 3. The molecule has 0 spiro atoms. The van der Waals surface area contributed by atoms with E-state index >= 15 is 0 Å². The van der Waals surface area contributed by atoms with Crippen LogP contribution in [0.4, 0.5) is 0 Å². The lowest BCUT2D eigenvalue weighted by molar-refractivity contribution is 0.0690. The van der Waals surface area contributed by atoms with Gasteiger partial charge >= 0.3 is 5.97 Å². The summed E-state index contributed by atoms with van der Waals surface area (Å²) in [4.78, 5) is 21.1. The highest BCUT2D eigenvalue weighted by molar-refractivity contribution is 5.98. The third kappa shape index (κ3) is 1.39. The predicted molar refractivity (Wildman–Crippen MR) is 46.9 cm³/mol. The maximum atomic E-state index is 10.6. The number of hydrogen-bond acceptors (Lipinski definition) is 4. The van der Waals surface area contributed by atoms with Crippen LogP contribution >= 0.6 is 0 Å². The summed E-state index contributed by atoms with van der Waals surface area (Å²) in [5.74, 6) is -2.74. The van der Waals surface area contributed by atoms with E-state index in [4.69, 9.17) is 5.11 Å². The first-order valence-electron chi connectivity index (χ1n) is 3.73. The summed E-state index contributed by atoms with van der Waals surface area (Å²) in [7, 11) is 0. The number of benzene rings is 1. The Labute approximate surface area is 79.2 Å². The average molecular weight is 196 g/mol. The van der Waals surface area contributed by atoms with Gasteiger partial charge in [0, 0.05) is 0 Å². The topological polar surface area (TPSA) is 94.8 Å². The van der Waals surface area contributed by atoms with Gasteiger partial charge in [0.2, 0.25) is 0 Å². The Balaban J connectivity index is 3.60. The molecule has 0 amide bonds. The molecule has 0 fully saturated rings. The van der Waals surface area contributed by atoms with Gasteiger partial charge in [0.05, 0.1) is 5.56 Å². The average Bonchev–Trinajstić information content (AvgIpc) is 2.02. The van der Waals surface area contributed by atoms with Crippen molar-refractivity contribution in [2.75, 3.05) is 0 Å². The molecular formula is C9H8O5. The van der Waals surface area contributed by atoms with Crippen molar-refractivity contribution in [3.63, 3.8) is 0 Å². The van der Waals surface area contributed by atoms with E-state index in [0.29, 0.717) is 11.8 Å². The summed E-state index contributed by atoms with van der Waals surface area (Å²) >= 11 is 0. The van der Waals surface area contributed by atoms with Crippen LogP contribution < -0.4 is 0 Å². The lowest BCUT2D eigenvalue weighted by Crippen LogP contribution is -2.01. The van der Waals surface area contributed by atoms with Crippen molar-refractivity contribution >= 4 is 12.3 Å². The fraction of sp³-hybridized carbons (Fsp3) is 0.111. The molecule has 0 unspecified atom stereocenters. The van der Waals surface area contributed by atoms with Crippen LogP contribution in [0.25, 0.3) is 0 Å². The number of aldehydes is 1. The molecule has 0 aromatic heterocycles. The van der Waals surface area contributed by atoms with Gasteiger partial charge in [-0.15, -0.1) is 0 Å². The number of aromatic carboxylic acids is 1. The van der Waals surface area contributed by atoms with Crippen LogP contribution in [0.1, 0.15) is 26.3 Å². The van der Waals surface area contributed by atoms with Crippen molar-refractivity contribution in [2.45, 2.75) is 6.92 Å². The van der Waals surface area contributed by atoms with Crippen molar-refractivity contribution in [3.05, 3.63) is 22.8 Å².